The van der Waals surface area contributed by atoms with Crippen molar-refractivity contribution in [1.29, 1.82) is 0 Å². The highest BCUT2D eigenvalue weighted by atomic mass is 32.2. The topological polar surface area (TPSA) is 84.9 Å². The number of para-hydroxylation sites is 1. The number of nitrogens with zero attached hydrogens (tertiary/aromatic N) is 1. The lowest BCUT2D eigenvalue weighted by Gasteiger charge is -2.35. The highest BCUT2D eigenvalue weighted by molar-refractivity contribution is 7.92. The minimum Gasteiger partial charge on any atom is -0.494 e. The Labute approximate surface area is 184 Å². The quantitative estimate of drug-likeness (QED) is 0.736. The summed E-state index contributed by atoms with van der Waals surface area (Å²) in [5, 5.41) is 2.84. The van der Waals surface area contributed by atoms with Crippen LogP contribution >= 0.6 is 0 Å². The number of amides is 1. The summed E-state index contributed by atoms with van der Waals surface area (Å²) in [7, 11) is -3.60. The van der Waals surface area contributed by atoms with Gasteiger partial charge in [0.2, 0.25) is 10.0 Å². The molecule has 7 nitrogen and oxygen atoms in total. The maximum absolute atomic E-state index is 12.9. The standard InChI is InChI=1S/C23H30N2O5S/c1-6-29-19-10-8-7-9-16(19)14-24-22(26)21-15-25(31(5,27)28)18-13-17(23(2,3)4)11-12-20(18)30-21/h7-13,21H,6,14-15H2,1-5H3,(H,24,26)/t21-/m1/s1. The summed E-state index contributed by atoms with van der Waals surface area (Å²) in [6, 6.07) is 12.9. The molecule has 0 aliphatic carbocycles. The van der Waals surface area contributed by atoms with E-state index in [1.165, 1.54) is 4.31 Å². The number of rotatable bonds is 6. The first-order valence-electron chi connectivity index (χ1n) is 10.3. The average Bonchev–Trinajstić information content (AvgIpc) is 2.70. The van der Waals surface area contributed by atoms with Gasteiger partial charge in [-0.3, -0.25) is 9.10 Å². The molecule has 0 bridgehead atoms. The summed E-state index contributed by atoms with van der Waals surface area (Å²) in [6.07, 6.45) is 0.182. The molecule has 3 rings (SSSR count). The number of hydrogen-bond acceptors (Lipinski definition) is 5. The lowest BCUT2D eigenvalue weighted by atomic mass is 9.86. The van der Waals surface area contributed by atoms with Crippen LogP contribution in [0.3, 0.4) is 0 Å². The number of carbonyl (C=O) groups is 1. The normalized spacial score (nSPS) is 16.3. The molecule has 0 unspecified atom stereocenters. The molecule has 1 atom stereocenters. The number of ether oxygens (including phenoxy) is 2. The molecule has 0 fully saturated rings. The molecule has 1 aliphatic rings. The molecule has 168 valence electrons. The van der Waals surface area contributed by atoms with Gasteiger partial charge in [0.05, 0.1) is 25.1 Å². The van der Waals surface area contributed by atoms with Crippen molar-refractivity contribution in [3.05, 3.63) is 53.6 Å². The number of anilines is 1. The minimum atomic E-state index is -3.60. The summed E-state index contributed by atoms with van der Waals surface area (Å²) >= 11 is 0. The molecule has 0 saturated heterocycles. The second-order valence-corrected chi connectivity index (χ2v) is 10.5. The molecule has 31 heavy (non-hydrogen) atoms. The Bertz CT molecular complexity index is 1060. The first kappa shape index (κ1) is 22.9. The third-order valence-electron chi connectivity index (χ3n) is 5.11. The van der Waals surface area contributed by atoms with Gasteiger partial charge in [-0.15, -0.1) is 0 Å². The van der Waals surface area contributed by atoms with E-state index in [-0.39, 0.29) is 24.4 Å². The van der Waals surface area contributed by atoms with Gasteiger partial charge in [-0.1, -0.05) is 45.0 Å². The number of carbonyl (C=O) groups excluding carboxylic acids is 1. The average molecular weight is 447 g/mol. The molecule has 0 aromatic heterocycles. The van der Waals surface area contributed by atoms with Crippen molar-refractivity contribution in [2.75, 3.05) is 23.7 Å². The van der Waals surface area contributed by atoms with Gasteiger partial charge in [0.15, 0.2) is 6.10 Å². The third kappa shape index (κ3) is 5.31. The van der Waals surface area contributed by atoms with E-state index in [2.05, 4.69) is 26.1 Å². The van der Waals surface area contributed by atoms with Crippen LogP contribution in [0, 0.1) is 0 Å². The smallest absolute Gasteiger partial charge is 0.263 e. The van der Waals surface area contributed by atoms with Crippen molar-refractivity contribution < 1.29 is 22.7 Å². The Balaban J connectivity index is 1.82. The molecular formula is C23H30N2O5S. The fraction of sp³-hybridized carbons (Fsp3) is 0.435. The van der Waals surface area contributed by atoms with Gasteiger partial charge in [0.1, 0.15) is 11.5 Å². The predicted octanol–water partition coefficient (Wildman–Crippen LogP) is 3.23. The summed E-state index contributed by atoms with van der Waals surface area (Å²) in [5.41, 5.74) is 2.13. The molecule has 0 spiro atoms. The second kappa shape index (κ2) is 8.78. The Morgan fingerprint density at radius 3 is 2.58 bits per heavy atom. The summed E-state index contributed by atoms with van der Waals surface area (Å²) < 4.78 is 37.7. The molecule has 1 N–H and O–H groups in total. The van der Waals surface area contributed by atoms with Crippen molar-refractivity contribution in [2.24, 2.45) is 0 Å². The highest BCUT2D eigenvalue weighted by Gasteiger charge is 2.35. The lowest BCUT2D eigenvalue weighted by Crippen LogP contribution is -2.50. The Kier molecular flexibility index (Phi) is 6.50. The molecule has 0 saturated carbocycles. The fourth-order valence-electron chi connectivity index (χ4n) is 3.41. The molecule has 2 aromatic carbocycles. The van der Waals surface area contributed by atoms with E-state index in [4.69, 9.17) is 9.47 Å². The van der Waals surface area contributed by atoms with Crippen LogP contribution in [-0.4, -0.2) is 39.8 Å². The minimum absolute atomic E-state index is 0.0850. The third-order valence-corrected chi connectivity index (χ3v) is 6.26. The van der Waals surface area contributed by atoms with Gasteiger partial charge < -0.3 is 14.8 Å². The molecule has 0 radical (unpaired) electrons. The van der Waals surface area contributed by atoms with E-state index in [0.29, 0.717) is 23.8 Å². The van der Waals surface area contributed by atoms with Gasteiger partial charge in [0, 0.05) is 12.1 Å². The van der Waals surface area contributed by atoms with Gasteiger partial charge in [-0.2, -0.15) is 0 Å². The zero-order valence-electron chi connectivity index (χ0n) is 18.6. The maximum atomic E-state index is 12.9. The molecular weight excluding hydrogens is 416 g/mol. The van der Waals surface area contributed by atoms with Crippen LogP contribution in [0.2, 0.25) is 0 Å². The molecule has 2 aromatic rings. The number of nitrogens with one attached hydrogen (secondary N) is 1. The van der Waals surface area contributed by atoms with Gasteiger partial charge in [-0.05, 0) is 36.1 Å². The van der Waals surface area contributed by atoms with E-state index in [0.717, 1.165) is 17.4 Å². The second-order valence-electron chi connectivity index (χ2n) is 8.59. The predicted molar refractivity (Wildman–Crippen MR) is 121 cm³/mol. The maximum Gasteiger partial charge on any atom is 0.263 e. The first-order valence-corrected chi connectivity index (χ1v) is 12.1. The van der Waals surface area contributed by atoms with Crippen molar-refractivity contribution in [2.45, 2.75) is 45.8 Å². The van der Waals surface area contributed by atoms with Crippen LogP contribution in [0.25, 0.3) is 0 Å². The number of benzene rings is 2. The van der Waals surface area contributed by atoms with Crippen molar-refractivity contribution in [1.82, 2.24) is 5.32 Å². The van der Waals surface area contributed by atoms with E-state index in [9.17, 15) is 13.2 Å². The van der Waals surface area contributed by atoms with Crippen LogP contribution in [0.4, 0.5) is 5.69 Å². The fourth-order valence-corrected chi connectivity index (χ4v) is 4.32. The SMILES string of the molecule is CCOc1ccccc1CNC(=O)[C@H]1CN(S(C)(=O)=O)c2cc(C(C)(C)C)ccc2O1. The van der Waals surface area contributed by atoms with Crippen LogP contribution in [0.5, 0.6) is 11.5 Å². The van der Waals surface area contributed by atoms with Crippen LogP contribution in [0.1, 0.15) is 38.8 Å². The Hall–Kier alpha value is -2.74. The molecule has 1 heterocycles. The zero-order valence-corrected chi connectivity index (χ0v) is 19.5. The lowest BCUT2D eigenvalue weighted by molar-refractivity contribution is -0.127. The van der Waals surface area contributed by atoms with Crippen LogP contribution in [0.15, 0.2) is 42.5 Å². The number of sulfonamides is 1. The van der Waals surface area contributed by atoms with Gasteiger partial charge >= 0.3 is 0 Å². The molecule has 1 aliphatic heterocycles. The Morgan fingerprint density at radius 2 is 1.94 bits per heavy atom. The molecule has 1 amide bonds. The van der Waals surface area contributed by atoms with E-state index >= 15 is 0 Å². The number of fused-ring (bicyclic) bond motifs is 1. The van der Waals surface area contributed by atoms with Crippen LogP contribution in [-0.2, 0) is 26.8 Å². The van der Waals surface area contributed by atoms with E-state index < -0.39 is 16.1 Å². The summed E-state index contributed by atoms with van der Waals surface area (Å²) in [4.78, 5) is 12.9. The van der Waals surface area contributed by atoms with Crippen LogP contribution < -0.4 is 19.1 Å². The molecule has 8 heteroatoms. The Morgan fingerprint density at radius 1 is 1.23 bits per heavy atom. The monoisotopic (exact) mass is 446 g/mol. The summed E-state index contributed by atoms with van der Waals surface area (Å²) in [5.74, 6) is 0.692. The zero-order chi connectivity index (χ0) is 22.8. The van der Waals surface area contributed by atoms with E-state index in [1.807, 2.05) is 43.3 Å². The van der Waals surface area contributed by atoms with Crippen molar-refractivity contribution >= 4 is 21.6 Å². The summed E-state index contributed by atoms with van der Waals surface area (Å²) in [6.45, 7) is 8.75. The van der Waals surface area contributed by atoms with E-state index in [1.54, 1.807) is 6.07 Å². The van der Waals surface area contributed by atoms with Gasteiger partial charge in [-0.25, -0.2) is 8.42 Å². The van der Waals surface area contributed by atoms with Crippen molar-refractivity contribution in [3.8, 4) is 11.5 Å². The first-order chi connectivity index (χ1) is 14.5. The largest absolute Gasteiger partial charge is 0.494 e. The highest BCUT2D eigenvalue weighted by Crippen LogP contribution is 2.38. The number of hydrogen-bond donors (Lipinski definition) is 1. The van der Waals surface area contributed by atoms with Crippen molar-refractivity contribution in [3.63, 3.8) is 0 Å². The van der Waals surface area contributed by atoms with Gasteiger partial charge in [0.25, 0.3) is 5.91 Å².